The summed E-state index contributed by atoms with van der Waals surface area (Å²) in [4.78, 5) is 4.54. The van der Waals surface area contributed by atoms with Crippen molar-refractivity contribution < 1.29 is 0 Å². The molecule has 2 rings (SSSR count). The van der Waals surface area contributed by atoms with Crippen LogP contribution in [-0.4, -0.2) is 4.98 Å². The Morgan fingerprint density at radius 3 is 2.73 bits per heavy atom. The lowest BCUT2D eigenvalue weighted by Crippen LogP contribution is -1.92. The number of fused-ring (bicyclic) bond motifs is 1. The third-order valence-corrected chi connectivity index (χ3v) is 3.54. The van der Waals surface area contributed by atoms with Crippen LogP contribution in [0.4, 0.5) is 0 Å². The van der Waals surface area contributed by atoms with Crippen LogP contribution in [0.2, 0.25) is 5.02 Å². The number of nitrogens with zero attached hydrogens (tertiary/aromatic N) is 1. The minimum absolute atomic E-state index is 0.779. The molecule has 0 N–H and O–H groups in total. The molecule has 3 heteroatoms. The van der Waals surface area contributed by atoms with E-state index in [2.05, 4.69) is 27.0 Å². The van der Waals surface area contributed by atoms with E-state index in [1.807, 2.05) is 26.0 Å². The Balaban J connectivity index is 2.89. The van der Waals surface area contributed by atoms with Crippen molar-refractivity contribution in [3.05, 3.63) is 40.0 Å². The average molecular weight is 285 g/mol. The van der Waals surface area contributed by atoms with E-state index >= 15 is 0 Å². The standard InChI is InChI=1S/C12H11BrClN/c1-7-5-9(6-13)10-3-4-11(14)8(2)12(10)15-7/h3-5H,6H2,1-2H3. The van der Waals surface area contributed by atoms with E-state index in [0.29, 0.717) is 0 Å². The molecule has 0 unspecified atom stereocenters. The van der Waals surface area contributed by atoms with Gasteiger partial charge < -0.3 is 0 Å². The summed E-state index contributed by atoms with van der Waals surface area (Å²) in [6.45, 7) is 4.01. The second-order valence-electron chi connectivity index (χ2n) is 3.62. The minimum Gasteiger partial charge on any atom is -0.253 e. The number of hydrogen-bond donors (Lipinski definition) is 0. The first-order chi connectivity index (χ1) is 7.13. The van der Waals surface area contributed by atoms with Crippen LogP contribution in [0.15, 0.2) is 18.2 Å². The van der Waals surface area contributed by atoms with Crippen molar-refractivity contribution in [3.63, 3.8) is 0 Å². The molecule has 0 spiro atoms. The summed E-state index contributed by atoms with van der Waals surface area (Å²) in [5.74, 6) is 0. The lowest BCUT2D eigenvalue weighted by molar-refractivity contribution is 1.22. The molecule has 1 aromatic heterocycles. The second-order valence-corrected chi connectivity index (χ2v) is 4.59. The molecule has 0 bridgehead atoms. The van der Waals surface area contributed by atoms with Crippen LogP contribution >= 0.6 is 27.5 Å². The fourth-order valence-corrected chi connectivity index (χ4v) is 2.34. The molecular weight excluding hydrogens is 273 g/mol. The van der Waals surface area contributed by atoms with Crippen LogP contribution in [0, 0.1) is 13.8 Å². The van der Waals surface area contributed by atoms with Gasteiger partial charge in [0.05, 0.1) is 5.52 Å². The highest BCUT2D eigenvalue weighted by atomic mass is 79.9. The van der Waals surface area contributed by atoms with Gasteiger partial charge in [-0.25, -0.2) is 0 Å². The SMILES string of the molecule is Cc1cc(CBr)c2ccc(Cl)c(C)c2n1. The van der Waals surface area contributed by atoms with Gasteiger partial charge >= 0.3 is 0 Å². The number of halogens is 2. The van der Waals surface area contributed by atoms with Gasteiger partial charge in [-0.15, -0.1) is 0 Å². The van der Waals surface area contributed by atoms with Crippen molar-refractivity contribution in [2.75, 3.05) is 0 Å². The molecule has 0 saturated carbocycles. The fraction of sp³-hybridized carbons (Fsp3) is 0.250. The van der Waals surface area contributed by atoms with Gasteiger partial charge in [-0.3, -0.25) is 4.98 Å². The summed E-state index contributed by atoms with van der Waals surface area (Å²) in [7, 11) is 0. The third kappa shape index (κ3) is 1.88. The Hall–Kier alpha value is -0.600. The van der Waals surface area contributed by atoms with Crippen LogP contribution in [0.25, 0.3) is 10.9 Å². The zero-order valence-corrected chi connectivity index (χ0v) is 11.0. The highest BCUT2D eigenvalue weighted by Gasteiger charge is 2.07. The van der Waals surface area contributed by atoms with E-state index in [1.54, 1.807) is 0 Å². The lowest BCUT2D eigenvalue weighted by atomic mass is 10.1. The van der Waals surface area contributed by atoms with Crippen molar-refractivity contribution in [1.29, 1.82) is 0 Å². The normalized spacial score (nSPS) is 10.9. The van der Waals surface area contributed by atoms with Crippen LogP contribution in [0.5, 0.6) is 0 Å². The topological polar surface area (TPSA) is 12.9 Å². The zero-order valence-electron chi connectivity index (χ0n) is 8.64. The first-order valence-electron chi connectivity index (χ1n) is 4.75. The predicted octanol–water partition coefficient (Wildman–Crippen LogP) is 4.40. The largest absolute Gasteiger partial charge is 0.253 e. The first-order valence-corrected chi connectivity index (χ1v) is 6.24. The molecule has 0 aliphatic rings. The van der Waals surface area contributed by atoms with Gasteiger partial charge in [0, 0.05) is 21.4 Å². The van der Waals surface area contributed by atoms with Gasteiger partial charge in [0.15, 0.2) is 0 Å². The third-order valence-electron chi connectivity index (χ3n) is 2.53. The maximum Gasteiger partial charge on any atom is 0.0752 e. The number of benzene rings is 1. The summed E-state index contributed by atoms with van der Waals surface area (Å²) in [5, 5.41) is 2.80. The van der Waals surface area contributed by atoms with Crippen molar-refractivity contribution in [3.8, 4) is 0 Å². The van der Waals surface area contributed by atoms with Gasteiger partial charge in [0.25, 0.3) is 0 Å². The fourth-order valence-electron chi connectivity index (χ4n) is 1.73. The molecule has 0 atom stereocenters. The molecule has 1 aromatic carbocycles. The maximum atomic E-state index is 6.08. The van der Waals surface area contributed by atoms with Gasteiger partial charge in [-0.2, -0.15) is 0 Å². The van der Waals surface area contributed by atoms with Crippen molar-refractivity contribution in [2.45, 2.75) is 19.2 Å². The summed E-state index contributed by atoms with van der Waals surface area (Å²) < 4.78 is 0. The molecule has 0 saturated heterocycles. The van der Waals surface area contributed by atoms with Gasteiger partial charge in [-0.05, 0) is 37.1 Å². The van der Waals surface area contributed by atoms with Gasteiger partial charge in [0.2, 0.25) is 0 Å². The van der Waals surface area contributed by atoms with Gasteiger partial charge in [0.1, 0.15) is 0 Å². The Morgan fingerprint density at radius 2 is 2.07 bits per heavy atom. The van der Waals surface area contributed by atoms with E-state index in [-0.39, 0.29) is 0 Å². The Labute approximate surface area is 103 Å². The first kappa shape index (κ1) is 10.9. The molecule has 1 nitrogen and oxygen atoms in total. The summed E-state index contributed by atoms with van der Waals surface area (Å²) in [5.41, 5.74) is 4.36. The number of hydrogen-bond acceptors (Lipinski definition) is 1. The second kappa shape index (κ2) is 4.11. The number of rotatable bonds is 1. The average Bonchev–Trinajstić information content (AvgIpc) is 2.23. The predicted molar refractivity (Wildman–Crippen MR) is 68.9 cm³/mol. The molecule has 0 aliphatic heterocycles. The Morgan fingerprint density at radius 1 is 1.33 bits per heavy atom. The Bertz CT molecular complexity index is 523. The zero-order chi connectivity index (χ0) is 11.0. The molecule has 0 amide bonds. The van der Waals surface area contributed by atoms with Crippen LogP contribution in [-0.2, 0) is 5.33 Å². The minimum atomic E-state index is 0.779. The molecule has 2 aromatic rings. The van der Waals surface area contributed by atoms with Crippen molar-refractivity contribution in [2.24, 2.45) is 0 Å². The van der Waals surface area contributed by atoms with Crippen molar-refractivity contribution >= 4 is 38.4 Å². The monoisotopic (exact) mass is 283 g/mol. The highest BCUT2D eigenvalue weighted by molar-refractivity contribution is 9.08. The van der Waals surface area contributed by atoms with E-state index in [1.165, 1.54) is 10.9 Å². The molecule has 0 aliphatic carbocycles. The summed E-state index contributed by atoms with van der Waals surface area (Å²) >= 11 is 9.58. The quantitative estimate of drug-likeness (QED) is 0.707. The van der Waals surface area contributed by atoms with E-state index in [0.717, 1.165) is 27.1 Å². The molecule has 78 valence electrons. The maximum absolute atomic E-state index is 6.08. The molecule has 0 radical (unpaired) electrons. The number of aromatic nitrogens is 1. The molecule has 15 heavy (non-hydrogen) atoms. The molecule has 1 heterocycles. The summed E-state index contributed by atoms with van der Waals surface area (Å²) in [6, 6.07) is 6.07. The van der Waals surface area contributed by atoms with Crippen molar-refractivity contribution in [1.82, 2.24) is 4.98 Å². The number of alkyl halides is 1. The van der Waals surface area contributed by atoms with Crippen LogP contribution in [0.3, 0.4) is 0 Å². The van der Waals surface area contributed by atoms with E-state index < -0.39 is 0 Å². The highest BCUT2D eigenvalue weighted by Crippen LogP contribution is 2.27. The van der Waals surface area contributed by atoms with Crippen LogP contribution in [0.1, 0.15) is 16.8 Å². The smallest absolute Gasteiger partial charge is 0.0752 e. The number of pyridine rings is 1. The summed E-state index contributed by atoms with van der Waals surface area (Å²) in [6.07, 6.45) is 0. The Kier molecular flexibility index (Phi) is 2.98. The molecule has 0 fully saturated rings. The number of aryl methyl sites for hydroxylation is 2. The van der Waals surface area contributed by atoms with E-state index in [4.69, 9.17) is 11.6 Å². The lowest BCUT2D eigenvalue weighted by Gasteiger charge is -2.08. The molecular formula is C12H11BrClN. The van der Waals surface area contributed by atoms with Gasteiger partial charge in [-0.1, -0.05) is 33.6 Å². The van der Waals surface area contributed by atoms with Crippen LogP contribution < -0.4 is 0 Å². The van der Waals surface area contributed by atoms with E-state index in [9.17, 15) is 0 Å².